The van der Waals surface area contributed by atoms with E-state index in [1.54, 1.807) is 48.8 Å². The predicted octanol–water partition coefficient (Wildman–Crippen LogP) is 5.75. The number of thiazole rings is 1. The molecule has 0 spiro atoms. The minimum absolute atomic E-state index is 0.226. The van der Waals surface area contributed by atoms with Crippen LogP contribution in [-0.2, 0) is 16.1 Å². The van der Waals surface area contributed by atoms with Crippen LogP contribution in [0.15, 0.2) is 81.0 Å². The second-order valence-electron chi connectivity index (χ2n) is 8.42. The average molecular weight is 586 g/mol. The molecule has 194 valence electrons. The summed E-state index contributed by atoms with van der Waals surface area (Å²) in [6, 6.07) is 15.9. The first-order valence-corrected chi connectivity index (χ1v) is 14.2. The first-order chi connectivity index (χ1) is 18.4. The molecule has 5 rings (SSSR count). The number of fused-ring (bicyclic) bond motifs is 1. The Bertz CT molecular complexity index is 1720. The molecule has 2 aromatic heterocycles. The minimum Gasteiger partial charge on any atom is -0.488 e. The van der Waals surface area contributed by atoms with Crippen LogP contribution in [0.5, 0.6) is 5.75 Å². The Morgan fingerprint density at radius 1 is 1.13 bits per heavy atom. The maximum atomic E-state index is 13.8. The van der Waals surface area contributed by atoms with Crippen LogP contribution in [0, 0.1) is 0 Å². The van der Waals surface area contributed by atoms with Gasteiger partial charge in [0, 0.05) is 20.5 Å². The molecular formula is C28H22Cl2N2O4S2. The van der Waals surface area contributed by atoms with E-state index in [4.69, 9.17) is 32.7 Å². The number of thiophene rings is 1. The molecule has 10 heteroatoms. The molecule has 0 unspecified atom stereocenters. The van der Waals surface area contributed by atoms with Crippen molar-refractivity contribution in [1.82, 2.24) is 4.57 Å². The Morgan fingerprint density at radius 2 is 1.95 bits per heavy atom. The van der Waals surface area contributed by atoms with Gasteiger partial charge < -0.3 is 9.47 Å². The number of ether oxygens (including phenoxy) is 2. The van der Waals surface area contributed by atoms with Crippen LogP contribution in [0.4, 0.5) is 0 Å². The molecule has 0 bridgehead atoms. The summed E-state index contributed by atoms with van der Waals surface area (Å²) >= 11 is 15.1. The summed E-state index contributed by atoms with van der Waals surface area (Å²) in [7, 11) is 0. The maximum absolute atomic E-state index is 13.8. The zero-order valence-electron chi connectivity index (χ0n) is 20.4. The lowest BCUT2D eigenvalue weighted by Crippen LogP contribution is -2.39. The number of hydrogen-bond acceptors (Lipinski definition) is 7. The molecular weight excluding hydrogens is 563 g/mol. The number of nitrogens with zero attached hydrogens (tertiary/aromatic N) is 2. The lowest BCUT2D eigenvalue weighted by Gasteiger charge is -2.23. The van der Waals surface area contributed by atoms with Crippen LogP contribution in [0.2, 0.25) is 10.0 Å². The molecule has 1 aliphatic heterocycles. The van der Waals surface area contributed by atoms with Gasteiger partial charge >= 0.3 is 5.97 Å². The molecule has 38 heavy (non-hydrogen) atoms. The van der Waals surface area contributed by atoms with Gasteiger partial charge in [-0.1, -0.05) is 52.7 Å². The average Bonchev–Trinajstić information content (AvgIpc) is 3.51. The summed E-state index contributed by atoms with van der Waals surface area (Å²) in [6.45, 7) is 4.04. The molecule has 3 heterocycles. The van der Waals surface area contributed by atoms with Crippen LogP contribution in [-0.4, -0.2) is 17.1 Å². The number of rotatable bonds is 7. The SMILES string of the molecule is CCOC(=O)C1=C(C)N=c2s/c(=C\c3cc(Cl)ccc3OCc3cccc(Cl)c3)c(=O)n2[C@@H]1c1cccs1. The smallest absolute Gasteiger partial charge is 0.338 e. The molecule has 6 nitrogen and oxygen atoms in total. The Morgan fingerprint density at radius 3 is 2.68 bits per heavy atom. The second kappa shape index (κ2) is 11.3. The summed E-state index contributed by atoms with van der Waals surface area (Å²) in [6.07, 6.45) is 1.75. The molecule has 0 amide bonds. The normalized spacial score (nSPS) is 15.3. The monoisotopic (exact) mass is 584 g/mol. The number of carbonyl (C=O) groups is 1. The van der Waals surface area contributed by atoms with Crippen molar-refractivity contribution in [2.75, 3.05) is 6.61 Å². The summed E-state index contributed by atoms with van der Waals surface area (Å²) < 4.78 is 13.4. The van der Waals surface area contributed by atoms with Gasteiger partial charge in [0.25, 0.3) is 5.56 Å². The molecule has 1 aliphatic rings. The first-order valence-electron chi connectivity index (χ1n) is 11.8. The van der Waals surface area contributed by atoms with Gasteiger partial charge in [-0.3, -0.25) is 9.36 Å². The van der Waals surface area contributed by atoms with Gasteiger partial charge in [0.1, 0.15) is 18.4 Å². The molecule has 0 radical (unpaired) electrons. The first kappa shape index (κ1) is 26.4. The lowest BCUT2D eigenvalue weighted by molar-refractivity contribution is -0.139. The van der Waals surface area contributed by atoms with Gasteiger partial charge in [-0.15, -0.1) is 11.3 Å². The summed E-state index contributed by atoms with van der Waals surface area (Å²) in [5.41, 5.74) is 2.20. The Labute approximate surface area is 236 Å². The number of aromatic nitrogens is 1. The molecule has 2 aromatic carbocycles. The molecule has 0 aliphatic carbocycles. The van der Waals surface area contributed by atoms with Crippen molar-refractivity contribution in [2.45, 2.75) is 26.5 Å². The molecule has 0 saturated carbocycles. The Kier molecular flexibility index (Phi) is 7.85. The largest absolute Gasteiger partial charge is 0.488 e. The lowest BCUT2D eigenvalue weighted by atomic mass is 10.0. The third-order valence-electron chi connectivity index (χ3n) is 5.87. The van der Waals surface area contributed by atoms with Crippen molar-refractivity contribution < 1.29 is 14.3 Å². The third kappa shape index (κ3) is 5.35. The highest BCUT2D eigenvalue weighted by Crippen LogP contribution is 2.33. The fourth-order valence-electron chi connectivity index (χ4n) is 4.20. The third-order valence-corrected chi connectivity index (χ3v) is 8.25. The molecule has 1 atom stereocenters. The van der Waals surface area contributed by atoms with Crippen LogP contribution >= 0.6 is 45.9 Å². The van der Waals surface area contributed by atoms with Crippen molar-refractivity contribution in [3.05, 3.63) is 117 Å². The zero-order valence-corrected chi connectivity index (χ0v) is 23.6. The van der Waals surface area contributed by atoms with E-state index in [2.05, 4.69) is 4.99 Å². The van der Waals surface area contributed by atoms with Gasteiger partial charge in [-0.05, 0) is 67.3 Å². The van der Waals surface area contributed by atoms with Gasteiger partial charge in [0.15, 0.2) is 4.80 Å². The van der Waals surface area contributed by atoms with Crippen LogP contribution in [0.3, 0.4) is 0 Å². The number of esters is 1. The summed E-state index contributed by atoms with van der Waals surface area (Å²) in [5.74, 6) is 0.0892. The number of benzene rings is 2. The van der Waals surface area contributed by atoms with E-state index < -0.39 is 12.0 Å². The van der Waals surface area contributed by atoms with Crippen LogP contribution in [0.1, 0.15) is 35.9 Å². The van der Waals surface area contributed by atoms with E-state index in [-0.39, 0.29) is 12.2 Å². The van der Waals surface area contributed by atoms with Gasteiger partial charge in [-0.2, -0.15) is 0 Å². The van der Waals surface area contributed by atoms with Gasteiger partial charge in [0.2, 0.25) is 0 Å². The highest BCUT2D eigenvalue weighted by Gasteiger charge is 2.33. The second-order valence-corrected chi connectivity index (χ2v) is 11.3. The standard InChI is InChI=1S/C28H22Cl2N2O4S2/c1-3-35-27(34)24-16(2)31-28-32(25(24)22-8-5-11-37-22)26(33)23(38-28)14-18-13-20(30)9-10-21(18)36-15-17-6-4-7-19(29)12-17/h4-14,25H,3,15H2,1-2H3/b23-14-/t25-/m1/s1. The molecule has 0 fully saturated rings. The van der Waals surface area contributed by atoms with Crippen molar-refractivity contribution in [3.8, 4) is 5.75 Å². The van der Waals surface area contributed by atoms with E-state index >= 15 is 0 Å². The molecule has 0 saturated heterocycles. The number of carbonyl (C=O) groups excluding carboxylic acids is 1. The molecule has 4 aromatic rings. The number of allylic oxidation sites excluding steroid dienone is 1. The van der Waals surface area contributed by atoms with Crippen molar-refractivity contribution in [3.63, 3.8) is 0 Å². The van der Waals surface area contributed by atoms with Crippen LogP contribution in [0.25, 0.3) is 6.08 Å². The van der Waals surface area contributed by atoms with Gasteiger partial charge in [0.05, 0.1) is 22.4 Å². The zero-order chi connectivity index (χ0) is 26.8. The summed E-state index contributed by atoms with van der Waals surface area (Å²) in [5, 5.41) is 3.05. The van der Waals surface area contributed by atoms with E-state index in [0.717, 1.165) is 10.4 Å². The van der Waals surface area contributed by atoms with Gasteiger partial charge in [-0.25, -0.2) is 9.79 Å². The predicted molar refractivity (Wildman–Crippen MR) is 152 cm³/mol. The van der Waals surface area contributed by atoms with E-state index in [1.165, 1.54) is 22.7 Å². The quantitative estimate of drug-likeness (QED) is 0.259. The van der Waals surface area contributed by atoms with Crippen molar-refractivity contribution >= 4 is 57.9 Å². The maximum Gasteiger partial charge on any atom is 0.338 e. The highest BCUT2D eigenvalue weighted by atomic mass is 35.5. The van der Waals surface area contributed by atoms with Crippen LogP contribution < -0.4 is 19.6 Å². The summed E-state index contributed by atoms with van der Waals surface area (Å²) in [4.78, 5) is 32.7. The Balaban J connectivity index is 1.60. The fraction of sp³-hybridized carbons (Fsp3) is 0.179. The van der Waals surface area contributed by atoms with E-state index in [9.17, 15) is 9.59 Å². The highest BCUT2D eigenvalue weighted by molar-refractivity contribution is 7.10. The van der Waals surface area contributed by atoms with Crippen molar-refractivity contribution in [2.24, 2.45) is 4.99 Å². The fourth-order valence-corrected chi connectivity index (χ4v) is 6.45. The number of halogens is 2. The topological polar surface area (TPSA) is 69.9 Å². The van der Waals surface area contributed by atoms with Crippen molar-refractivity contribution in [1.29, 1.82) is 0 Å². The molecule has 0 N–H and O–H groups in total. The number of hydrogen-bond donors (Lipinski definition) is 0. The van der Waals surface area contributed by atoms with E-state index in [0.29, 0.717) is 48.6 Å². The Hall–Kier alpha value is -3.17. The van der Waals surface area contributed by atoms with E-state index in [1.807, 2.05) is 35.7 Å². The minimum atomic E-state index is -0.620.